The van der Waals surface area contributed by atoms with Crippen LogP contribution in [0.15, 0.2) is 30.3 Å². The highest BCUT2D eigenvalue weighted by atomic mass is 19.4. The predicted molar refractivity (Wildman–Crippen MR) is 64.1 cm³/mol. The summed E-state index contributed by atoms with van der Waals surface area (Å²) in [7, 11) is 0. The number of halogens is 3. The number of nitriles is 1. The summed E-state index contributed by atoms with van der Waals surface area (Å²) < 4.78 is 37.6. The lowest BCUT2D eigenvalue weighted by atomic mass is 10.0. The Morgan fingerprint density at radius 3 is 2.37 bits per heavy atom. The molecule has 0 aliphatic rings. The van der Waals surface area contributed by atoms with Crippen molar-refractivity contribution >= 4 is 0 Å². The van der Waals surface area contributed by atoms with E-state index in [2.05, 4.69) is 0 Å². The summed E-state index contributed by atoms with van der Waals surface area (Å²) in [5.74, 6) is 0. The summed E-state index contributed by atoms with van der Waals surface area (Å²) in [6.45, 7) is -1.65. The van der Waals surface area contributed by atoms with Crippen molar-refractivity contribution in [1.29, 1.82) is 5.26 Å². The van der Waals surface area contributed by atoms with Crippen LogP contribution in [0.4, 0.5) is 13.2 Å². The van der Waals surface area contributed by atoms with E-state index in [0.717, 1.165) is 4.90 Å². The van der Waals surface area contributed by atoms with Crippen molar-refractivity contribution in [1.82, 2.24) is 4.90 Å². The molecule has 3 nitrogen and oxygen atoms in total. The van der Waals surface area contributed by atoms with Crippen LogP contribution in [0, 0.1) is 11.3 Å². The van der Waals surface area contributed by atoms with Gasteiger partial charge in [-0.15, -0.1) is 0 Å². The Bertz CT molecular complexity index is 414. The topological polar surface area (TPSA) is 47.3 Å². The zero-order valence-corrected chi connectivity index (χ0v) is 10.3. The van der Waals surface area contributed by atoms with Crippen LogP contribution in [0.25, 0.3) is 0 Å². The van der Waals surface area contributed by atoms with Gasteiger partial charge in [0.15, 0.2) is 0 Å². The zero-order valence-electron chi connectivity index (χ0n) is 10.3. The van der Waals surface area contributed by atoms with Crippen LogP contribution in [-0.4, -0.2) is 35.9 Å². The molecule has 1 N–H and O–H groups in total. The van der Waals surface area contributed by atoms with Crippen molar-refractivity contribution in [2.45, 2.75) is 18.6 Å². The van der Waals surface area contributed by atoms with Gasteiger partial charge in [-0.3, -0.25) is 4.90 Å². The Balaban J connectivity index is 2.96. The molecule has 0 aliphatic heterocycles. The molecular weight excluding hydrogens is 257 g/mol. The lowest BCUT2D eigenvalue weighted by molar-refractivity contribution is -0.152. The molecule has 104 valence electrons. The highest BCUT2D eigenvalue weighted by Gasteiger charge is 2.34. The maximum atomic E-state index is 12.5. The van der Waals surface area contributed by atoms with Gasteiger partial charge in [-0.05, 0) is 5.56 Å². The number of rotatable bonds is 6. The maximum absolute atomic E-state index is 12.5. The average molecular weight is 272 g/mol. The molecule has 1 unspecified atom stereocenters. The van der Waals surface area contributed by atoms with Crippen LogP contribution >= 0.6 is 0 Å². The average Bonchev–Trinajstić information content (AvgIpc) is 2.35. The standard InChI is InChI=1S/C13H15F3N2O/c14-13(15,16)10-18(8-9-19)12(6-7-17)11-4-2-1-3-5-11/h1-5,12,19H,6,8-10H2. The molecule has 0 aromatic heterocycles. The predicted octanol–water partition coefficient (Wildman–Crippen LogP) is 2.50. The van der Waals surface area contributed by atoms with E-state index >= 15 is 0 Å². The summed E-state index contributed by atoms with van der Waals surface area (Å²) in [4.78, 5) is 1.08. The first-order valence-corrected chi connectivity index (χ1v) is 5.81. The molecule has 0 spiro atoms. The SMILES string of the molecule is N#CCC(c1ccccc1)N(CCO)CC(F)(F)F. The summed E-state index contributed by atoms with van der Waals surface area (Å²) in [6, 6.07) is 9.78. The van der Waals surface area contributed by atoms with Crippen LogP contribution < -0.4 is 0 Å². The number of nitrogens with zero attached hydrogens (tertiary/aromatic N) is 2. The van der Waals surface area contributed by atoms with Gasteiger partial charge < -0.3 is 5.11 Å². The second-order valence-corrected chi connectivity index (χ2v) is 4.10. The molecule has 6 heteroatoms. The summed E-state index contributed by atoms with van der Waals surface area (Å²) in [6.07, 6.45) is -4.42. The third-order valence-electron chi connectivity index (χ3n) is 2.68. The third-order valence-corrected chi connectivity index (χ3v) is 2.68. The number of hydrogen-bond acceptors (Lipinski definition) is 3. The third kappa shape index (κ3) is 5.28. The van der Waals surface area contributed by atoms with Gasteiger partial charge in [-0.2, -0.15) is 18.4 Å². The Labute approximate surface area is 109 Å². The van der Waals surface area contributed by atoms with Gasteiger partial charge in [0, 0.05) is 12.6 Å². The normalized spacial score (nSPS) is 13.3. The molecular formula is C13H15F3N2O. The number of aliphatic hydroxyl groups is 1. The zero-order chi connectivity index (χ0) is 14.3. The van der Waals surface area contributed by atoms with E-state index in [0.29, 0.717) is 5.56 Å². The minimum atomic E-state index is -4.36. The van der Waals surface area contributed by atoms with Crippen LogP contribution in [0.3, 0.4) is 0 Å². The molecule has 0 saturated carbocycles. The molecule has 1 rings (SSSR count). The second-order valence-electron chi connectivity index (χ2n) is 4.10. The first kappa shape index (κ1) is 15.5. The fourth-order valence-corrected chi connectivity index (χ4v) is 1.92. The number of hydrogen-bond donors (Lipinski definition) is 1. The van der Waals surface area contributed by atoms with Gasteiger partial charge >= 0.3 is 6.18 Å². The van der Waals surface area contributed by atoms with Gasteiger partial charge in [0.25, 0.3) is 0 Å². The van der Waals surface area contributed by atoms with Gasteiger partial charge in [0.2, 0.25) is 0 Å². The second kappa shape index (κ2) is 7.12. The smallest absolute Gasteiger partial charge is 0.395 e. The van der Waals surface area contributed by atoms with E-state index in [-0.39, 0.29) is 19.6 Å². The fourth-order valence-electron chi connectivity index (χ4n) is 1.92. The van der Waals surface area contributed by atoms with Crippen LogP contribution in [-0.2, 0) is 0 Å². The molecule has 0 radical (unpaired) electrons. The molecule has 19 heavy (non-hydrogen) atoms. The van der Waals surface area contributed by atoms with E-state index in [1.165, 1.54) is 0 Å². The fraction of sp³-hybridized carbons (Fsp3) is 0.462. The number of aliphatic hydroxyl groups excluding tert-OH is 1. The van der Waals surface area contributed by atoms with Crippen molar-refractivity contribution in [3.05, 3.63) is 35.9 Å². The molecule has 0 saturated heterocycles. The van der Waals surface area contributed by atoms with E-state index in [1.807, 2.05) is 6.07 Å². The quantitative estimate of drug-likeness (QED) is 0.865. The maximum Gasteiger partial charge on any atom is 0.401 e. The van der Waals surface area contributed by atoms with Gasteiger partial charge in [-0.1, -0.05) is 30.3 Å². The minimum Gasteiger partial charge on any atom is -0.395 e. The van der Waals surface area contributed by atoms with E-state index < -0.39 is 18.8 Å². The molecule has 1 aromatic rings. The highest BCUT2D eigenvalue weighted by molar-refractivity contribution is 5.20. The van der Waals surface area contributed by atoms with Crippen molar-refractivity contribution in [3.8, 4) is 6.07 Å². The Morgan fingerprint density at radius 2 is 1.89 bits per heavy atom. The molecule has 1 aromatic carbocycles. The van der Waals surface area contributed by atoms with Crippen molar-refractivity contribution < 1.29 is 18.3 Å². The van der Waals surface area contributed by atoms with E-state index in [1.54, 1.807) is 30.3 Å². The van der Waals surface area contributed by atoms with E-state index in [4.69, 9.17) is 10.4 Å². The minimum absolute atomic E-state index is 0.0555. The Hall–Kier alpha value is -1.58. The summed E-state index contributed by atoms with van der Waals surface area (Å²) in [5, 5.41) is 17.7. The highest BCUT2D eigenvalue weighted by Crippen LogP contribution is 2.27. The van der Waals surface area contributed by atoms with E-state index in [9.17, 15) is 13.2 Å². The van der Waals surface area contributed by atoms with Gasteiger partial charge in [0.1, 0.15) is 0 Å². The Morgan fingerprint density at radius 1 is 1.26 bits per heavy atom. The first-order chi connectivity index (χ1) is 8.98. The first-order valence-electron chi connectivity index (χ1n) is 5.81. The van der Waals surface area contributed by atoms with Crippen LogP contribution in [0.2, 0.25) is 0 Å². The van der Waals surface area contributed by atoms with Crippen molar-refractivity contribution in [3.63, 3.8) is 0 Å². The lowest BCUT2D eigenvalue weighted by Crippen LogP contribution is -2.39. The molecule has 0 aliphatic carbocycles. The largest absolute Gasteiger partial charge is 0.401 e. The number of alkyl halides is 3. The Kier molecular flexibility index (Phi) is 5.80. The van der Waals surface area contributed by atoms with Crippen molar-refractivity contribution in [2.24, 2.45) is 0 Å². The van der Waals surface area contributed by atoms with Crippen LogP contribution in [0.5, 0.6) is 0 Å². The molecule has 1 atom stereocenters. The lowest BCUT2D eigenvalue weighted by Gasteiger charge is -2.30. The molecule has 0 fully saturated rings. The van der Waals surface area contributed by atoms with Gasteiger partial charge in [0.05, 0.1) is 25.6 Å². The molecule has 0 bridgehead atoms. The molecule has 0 amide bonds. The molecule has 0 heterocycles. The van der Waals surface area contributed by atoms with Crippen LogP contribution in [0.1, 0.15) is 18.0 Å². The number of benzene rings is 1. The summed E-state index contributed by atoms with van der Waals surface area (Å²) in [5.41, 5.74) is 0.641. The monoisotopic (exact) mass is 272 g/mol. The summed E-state index contributed by atoms with van der Waals surface area (Å²) >= 11 is 0. The van der Waals surface area contributed by atoms with Crippen molar-refractivity contribution in [2.75, 3.05) is 19.7 Å². The van der Waals surface area contributed by atoms with Gasteiger partial charge in [-0.25, -0.2) is 0 Å².